The lowest BCUT2D eigenvalue weighted by Gasteiger charge is -2.23. The summed E-state index contributed by atoms with van der Waals surface area (Å²) in [6.07, 6.45) is 7.67. The van der Waals surface area contributed by atoms with Gasteiger partial charge in [0.1, 0.15) is 5.76 Å². The fraction of sp³-hybridized carbons (Fsp3) is 0.765. The maximum atomic E-state index is 12.4. The molecule has 0 bridgehead atoms. The molecular weight excluding hydrogens is 278 g/mol. The Morgan fingerprint density at radius 2 is 2.05 bits per heavy atom. The van der Waals surface area contributed by atoms with Gasteiger partial charge in [-0.15, -0.1) is 0 Å². The first-order valence-electron chi connectivity index (χ1n) is 8.72. The average molecular weight is 303 g/mol. The maximum Gasteiger partial charge on any atom is 0.273 e. The molecule has 3 aliphatic rings. The minimum atomic E-state index is -0.0826. The van der Waals surface area contributed by atoms with E-state index in [1.165, 1.54) is 25.7 Å². The first-order chi connectivity index (χ1) is 10.7. The Morgan fingerprint density at radius 3 is 2.77 bits per heavy atom. The summed E-state index contributed by atoms with van der Waals surface area (Å²) < 4.78 is 5.28. The number of aromatic nitrogens is 1. The van der Waals surface area contributed by atoms with Crippen molar-refractivity contribution in [3.8, 4) is 0 Å². The highest BCUT2D eigenvalue weighted by atomic mass is 16.5. The van der Waals surface area contributed by atoms with Gasteiger partial charge in [-0.05, 0) is 31.6 Å². The van der Waals surface area contributed by atoms with Gasteiger partial charge < -0.3 is 9.84 Å². The second-order valence-electron chi connectivity index (χ2n) is 7.34. The van der Waals surface area contributed by atoms with Gasteiger partial charge >= 0.3 is 0 Å². The van der Waals surface area contributed by atoms with Crippen molar-refractivity contribution in [1.29, 1.82) is 0 Å². The largest absolute Gasteiger partial charge is 0.360 e. The summed E-state index contributed by atoms with van der Waals surface area (Å²) in [6.45, 7) is 4.31. The number of carbonyl (C=O) groups is 1. The lowest BCUT2D eigenvalue weighted by atomic mass is 10.1. The summed E-state index contributed by atoms with van der Waals surface area (Å²) in [4.78, 5) is 14.9. The minimum absolute atomic E-state index is 0.0826. The van der Waals surface area contributed by atoms with Crippen LogP contribution in [0, 0.1) is 5.92 Å². The van der Waals surface area contributed by atoms with Gasteiger partial charge in [-0.25, -0.2) is 0 Å². The number of rotatable bonds is 4. The molecule has 0 aromatic carbocycles. The van der Waals surface area contributed by atoms with Crippen LogP contribution in [0.4, 0.5) is 0 Å². The highest BCUT2D eigenvalue weighted by Crippen LogP contribution is 2.40. The van der Waals surface area contributed by atoms with Gasteiger partial charge in [0.25, 0.3) is 5.91 Å². The summed E-state index contributed by atoms with van der Waals surface area (Å²) in [6, 6.07) is 2.79. The van der Waals surface area contributed by atoms with E-state index >= 15 is 0 Å². The number of nitrogens with one attached hydrogen (secondary N) is 1. The molecule has 5 nitrogen and oxygen atoms in total. The SMILES string of the molecule is C[C@H]1CN(C2CCCC2)C[C@@H]1NC(=O)c1cc(C2CC2)on1. The second kappa shape index (κ2) is 5.69. The lowest BCUT2D eigenvalue weighted by Crippen LogP contribution is -2.41. The van der Waals surface area contributed by atoms with Gasteiger partial charge in [-0.1, -0.05) is 24.9 Å². The third kappa shape index (κ3) is 2.78. The van der Waals surface area contributed by atoms with E-state index in [1.807, 2.05) is 6.07 Å². The predicted octanol–water partition coefficient (Wildman–Crippen LogP) is 2.54. The van der Waals surface area contributed by atoms with Crippen LogP contribution in [0.5, 0.6) is 0 Å². The molecule has 2 aliphatic carbocycles. The van der Waals surface area contributed by atoms with Gasteiger partial charge in [0.15, 0.2) is 5.69 Å². The highest BCUT2D eigenvalue weighted by molar-refractivity contribution is 5.92. The van der Waals surface area contributed by atoms with Crippen molar-refractivity contribution >= 4 is 5.91 Å². The highest BCUT2D eigenvalue weighted by Gasteiger charge is 2.36. The fourth-order valence-corrected chi connectivity index (χ4v) is 3.96. The van der Waals surface area contributed by atoms with Crippen LogP contribution in [-0.4, -0.2) is 41.1 Å². The van der Waals surface area contributed by atoms with E-state index in [9.17, 15) is 4.79 Å². The Kier molecular flexibility index (Phi) is 3.68. The summed E-state index contributed by atoms with van der Waals surface area (Å²) in [5.41, 5.74) is 0.438. The summed E-state index contributed by atoms with van der Waals surface area (Å²) in [7, 11) is 0. The van der Waals surface area contributed by atoms with Crippen LogP contribution in [0.3, 0.4) is 0 Å². The van der Waals surface area contributed by atoms with Gasteiger partial charge in [0.05, 0.1) is 0 Å². The molecule has 4 rings (SSSR count). The monoisotopic (exact) mass is 303 g/mol. The van der Waals surface area contributed by atoms with Crippen molar-refractivity contribution < 1.29 is 9.32 Å². The molecule has 1 aromatic heterocycles. The zero-order chi connectivity index (χ0) is 15.1. The Morgan fingerprint density at radius 1 is 1.27 bits per heavy atom. The van der Waals surface area contributed by atoms with E-state index in [2.05, 4.69) is 22.3 Å². The van der Waals surface area contributed by atoms with E-state index in [0.29, 0.717) is 17.5 Å². The molecule has 120 valence electrons. The van der Waals surface area contributed by atoms with Crippen LogP contribution < -0.4 is 5.32 Å². The third-order valence-corrected chi connectivity index (χ3v) is 5.54. The summed E-state index contributed by atoms with van der Waals surface area (Å²) in [5, 5.41) is 7.11. The summed E-state index contributed by atoms with van der Waals surface area (Å²) in [5.74, 6) is 1.79. The van der Waals surface area contributed by atoms with Crippen molar-refractivity contribution in [3.05, 3.63) is 17.5 Å². The topological polar surface area (TPSA) is 58.4 Å². The van der Waals surface area contributed by atoms with Gasteiger partial charge in [0.2, 0.25) is 0 Å². The molecule has 0 unspecified atom stereocenters. The third-order valence-electron chi connectivity index (χ3n) is 5.54. The smallest absolute Gasteiger partial charge is 0.273 e. The van der Waals surface area contributed by atoms with Crippen LogP contribution in [0.25, 0.3) is 0 Å². The molecule has 22 heavy (non-hydrogen) atoms. The second-order valence-corrected chi connectivity index (χ2v) is 7.34. The molecule has 2 atom stereocenters. The molecule has 1 aliphatic heterocycles. The fourth-order valence-electron chi connectivity index (χ4n) is 3.96. The number of likely N-dealkylation sites (tertiary alicyclic amines) is 1. The first kappa shape index (κ1) is 14.2. The molecule has 2 heterocycles. The van der Waals surface area contributed by atoms with Crippen LogP contribution in [0.2, 0.25) is 0 Å². The average Bonchev–Trinajstić information content (AvgIpc) is 2.96. The standard InChI is InChI=1S/C17H25N3O2/c1-11-9-20(13-4-2-3-5-13)10-15(11)18-17(21)14-8-16(22-19-14)12-6-7-12/h8,11-13,15H,2-7,9-10H2,1H3,(H,18,21)/t11-,15-/m0/s1. The predicted molar refractivity (Wildman–Crippen MR) is 82.7 cm³/mol. The molecule has 1 N–H and O–H groups in total. The molecule has 2 saturated carbocycles. The van der Waals surface area contributed by atoms with Gasteiger partial charge in [0, 0.05) is 37.2 Å². The molecule has 1 saturated heterocycles. The molecule has 1 amide bonds. The Hall–Kier alpha value is -1.36. The zero-order valence-corrected chi connectivity index (χ0v) is 13.3. The van der Waals surface area contributed by atoms with E-state index in [4.69, 9.17) is 4.52 Å². The summed E-state index contributed by atoms with van der Waals surface area (Å²) >= 11 is 0. The zero-order valence-electron chi connectivity index (χ0n) is 13.3. The number of amides is 1. The van der Waals surface area contributed by atoms with Crippen LogP contribution in [0.15, 0.2) is 10.6 Å². The van der Waals surface area contributed by atoms with E-state index < -0.39 is 0 Å². The van der Waals surface area contributed by atoms with Crippen molar-refractivity contribution in [2.75, 3.05) is 13.1 Å². The number of carbonyl (C=O) groups excluding carboxylic acids is 1. The first-order valence-corrected chi connectivity index (χ1v) is 8.72. The van der Waals surface area contributed by atoms with Crippen LogP contribution in [0.1, 0.15) is 67.6 Å². The minimum Gasteiger partial charge on any atom is -0.360 e. The molecule has 5 heteroatoms. The number of nitrogens with zero attached hydrogens (tertiary/aromatic N) is 2. The lowest BCUT2D eigenvalue weighted by molar-refractivity contribution is 0.0921. The Bertz CT molecular complexity index is 546. The van der Waals surface area contributed by atoms with Crippen LogP contribution >= 0.6 is 0 Å². The van der Waals surface area contributed by atoms with Crippen molar-refractivity contribution in [2.24, 2.45) is 5.92 Å². The van der Waals surface area contributed by atoms with E-state index in [-0.39, 0.29) is 11.9 Å². The van der Waals surface area contributed by atoms with Crippen molar-refractivity contribution in [3.63, 3.8) is 0 Å². The van der Waals surface area contributed by atoms with Gasteiger partial charge in [-0.2, -0.15) is 0 Å². The van der Waals surface area contributed by atoms with Crippen LogP contribution in [-0.2, 0) is 0 Å². The van der Waals surface area contributed by atoms with E-state index in [0.717, 1.165) is 37.7 Å². The van der Waals surface area contributed by atoms with E-state index in [1.54, 1.807) is 0 Å². The molecule has 3 fully saturated rings. The maximum absolute atomic E-state index is 12.4. The van der Waals surface area contributed by atoms with Gasteiger partial charge in [-0.3, -0.25) is 9.69 Å². The number of hydrogen-bond donors (Lipinski definition) is 1. The van der Waals surface area contributed by atoms with Crippen molar-refractivity contribution in [1.82, 2.24) is 15.4 Å². The Balaban J connectivity index is 1.36. The molecule has 0 spiro atoms. The quantitative estimate of drug-likeness (QED) is 0.928. The van der Waals surface area contributed by atoms with Crippen molar-refractivity contribution in [2.45, 2.75) is 63.5 Å². The Labute approximate surface area is 131 Å². The number of hydrogen-bond acceptors (Lipinski definition) is 4. The molecular formula is C17H25N3O2. The molecule has 1 aromatic rings. The molecule has 0 radical (unpaired) electrons. The normalized spacial score (nSPS) is 30.0.